The van der Waals surface area contributed by atoms with Crippen molar-refractivity contribution in [3.63, 3.8) is 0 Å². The molecule has 0 aliphatic carbocycles. The number of alkyl halides is 1. The Morgan fingerprint density at radius 3 is 1.49 bits per heavy atom. The van der Waals surface area contributed by atoms with E-state index in [1.165, 1.54) is 5.39 Å². The molecule has 3 aromatic carbocycles. The molecule has 55 heavy (non-hydrogen) atoms. The molecule has 0 amide bonds. The fraction of sp³-hybridized carbons (Fsp3) is 0.317. The van der Waals surface area contributed by atoms with Crippen LogP contribution in [0, 0.1) is 0 Å². The van der Waals surface area contributed by atoms with Crippen molar-refractivity contribution < 1.29 is 54.7 Å². The average Bonchev–Trinajstić information content (AvgIpc) is 3.23. The summed E-state index contributed by atoms with van der Waals surface area (Å²) in [7, 11) is 0. The van der Waals surface area contributed by atoms with E-state index < -0.39 is 0 Å². The Morgan fingerprint density at radius 2 is 1.11 bits per heavy atom. The van der Waals surface area contributed by atoms with Crippen molar-refractivity contribution in [2.24, 2.45) is 5.73 Å². The Bertz CT molecular complexity index is 1890. The summed E-state index contributed by atoms with van der Waals surface area (Å²) in [6.07, 6.45) is 5.98. The maximum absolute atomic E-state index is 10.1. The largest absolute Gasteiger partial charge is 1.00 e. The van der Waals surface area contributed by atoms with Gasteiger partial charge in [0.25, 0.3) is 6.47 Å². The molecule has 2 unspecified atom stereocenters. The van der Waals surface area contributed by atoms with E-state index in [4.69, 9.17) is 30.9 Å². The van der Waals surface area contributed by atoms with E-state index in [-0.39, 0.29) is 61.3 Å². The second-order valence-corrected chi connectivity index (χ2v) is 14.6. The number of carbonyl (C=O) groups excluding carboxylic acids is 1. The number of para-hydroxylation sites is 3. The van der Waals surface area contributed by atoms with Crippen molar-refractivity contribution in [3.8, 4) is 0 Å². The SMILES string of the molecule is BrCc1ccc2ccccc2n1.CSCCC(CO)N(Cc1ccc2ccccc2n1)Cc1ccc2ccccc2n1.CSCCC(N)CO.O=CO[O-].[Na+]. The zero-order valence-corrected chi connectivity index (χ0v) is 36.9. The summed E-state index contributed by atoms with van der Waals surface area (Å²) >= 11 is 6.94. The molecule has 0 bridgehead atoms. The minimum Gasteiger partial charge on any atom is -0.662 e. The topological polar surface area (TPSA) is 158 Å². The molecule has 0 saturated heterocycles. The molecular weight excluding hydrogens is 810 g/mol. The number of carbonyl (C=O) groups is 1. The zero-order chi connectivity index (χ0) is 39.0. The fourth-order valence-corrected chi connectivity index (χ4v) is 6.67. The second-order valence-electron chi connectivity index (χ2n) is 12.1. The molecule has 288 valence electrons. The van der Waals surface area contributed by atoms with E-state index in [2.05, 4.69) is 85.5 Å². The molecule has 0 aliphatic heterocycles. The number of hydrogen-bond acceptors (Lipinski definition) is 12. The van der Waals surface area contributed by atoms with Crippen molar-refractivity contribution in [2.45, 2.75) is 43.3 Å². The van der Waals surface area contributed by atoms with E-state index >= 15 is 0 Å². The second kappa shape index (κ2) is 28.7. The first kappa shape index (κ1) is 48.5. The normalized spacial score (nSPS) is 11.6. The van der Waals surface area contributed by atoms with Crippen LogP contribution in [-0.4, -0.2) is 85.9 Å². The van der Waals surface area contributed by atoms with Crippen molar-refractivity contribution in [2.75, 3.05) is 37.2 Å². The Balaban J connectivity index is 0.000000342. The number of rotatable bonds is 15. The van der Waals surface area contributed by atoms with Gasteiger partial charge in [0.1, 0.15) is 0 Å². The molecule has 6 aromatic rings. The molecule has 6 rings (SSSR count). The van der Waals surface area contributed by atoms with Crippen molar-refractivity contribution in [1.82, 2.24) is 19.9 Å². The van der Waals surface area contributed by atoms with E-state index in [1.54, 1.807) is 11.8 Å². The number of benzene rings is 3. The molecule has 10 nitrogen and oxygen atoms in total. The van der Waals surface area contributed by atoms with Crippen LogP contribution in [0.25, 0.3) is 32.7 Å². The number of hydrogen-bond donors (Lipinski definition) is 3. The van der Waals surface area contributed by atoms with E-state index in [9.17, 15) is 5.11 Å². The van der Waals surface area contributed by atoms with Gasteiger partial charge in [-0.2, -0.15) is 23.5 Å². The predicted octanol–water partition coefficient (Wildman–Crippen LogP) is 3.53. The molecule has 0 saturated carbocycles. The summed E-state index contributed by atoms with van der Waals surface area (Å²) in [5.41, 5.74) is 11.6. The van der Waals surface area contributed by atoms with Crippen LogP contribution in [0.15, 0.2) is 109 Å². The maximum atomic E-state index is 10.1. The van der Waals surface area contributed by atoms with Gasteiger partial charge in [-0.15, -0.1) is 0 Å². The van der Waals surface area contributed by atoms with Crippen LogP contribution in [0.5, 0.6) is 0 Å². The van der Waals surface area contributed by atoms with Crippen LogP contribution >= 0.6 is 39.5 Å². The number of aromatic nitrogens is 3. The van der Waals surface area contributed by atoms with Crippen LogP contribution in [0.3, 0.4) is 0 Å². The molecule has 14 heteroatoms. The number of fused-ring (bicyclic) bond motifs is 3. The van der Waals surface area contributed by atoms with E-state index in [0.29, 0.717) is 13.1 Å². The standard InChI is InChI=1S/C25H27N3OS.C10H8BrN.C5H13NOS.CH2O3.Na/c1-30-15-14-23(18-29)28(16-21-12-10-19-6-2-4-8-24(19)26-21)17-22-13-11-20-7-3-5-9-25(20)27-22;11-7-9-6-5-8-3-1-2-4-10(8)12-9;1-8-3-2-5(6)4-7;2-1-4-3;/h2-13,23,29H,14-18H2,1H3;1-6H,7H2;5,7H,2-4,6H2,1H3;1,3H;/q;;;;+1/p-1. The zero-order valence-electron chi connectivity index (χ0n) is 31.7. The van der Waals surface area contributed by atoms with Crippen LogP contribution in [0.4, 0.5) is 0 Å². The minimum atomic E-state index is -0.181. The Morgan fingerprint density at radius 1 is 0.709 bits per heavy atom. The summed E-state index contributed by atoms with van der Waals surface area (Å²) in [5.74, 6) is 2.06. The van der Waals surface area contributed by atoms with Gasteiger partial charge in [0.15, 0.2) is 0 Å². The van der Waals surface area contributed by atoms with Gasteiger partial charge in [-0.25, -0.2) is 0 Å². The number of halogens is 1. The first-order valence-electron chi connectivity index (χ1n) is 17.4. The molecule has 3 aromatic heterocycles. The van der Waals surface area contributed by atoms with Gasteiger partial charge in [0.05, 0.1) is 46.8 Å². The van der Waals surface area contributed by atoms with E-state index in [1.807, 2.05) is 78.7 Å². The van der Waals surface area contributed by atoms with Gasteiger partial charge >= 0.3 is 29.6 Å². The number of thioether (sulfide) groups is 2. The maximum Gasteiger partial charge on any atom is 1.00 e. The number of nitrogens with zero attached hydrogens (tertiary/aromatic N) is 4. The van der Waals surface area contributed by atoms with Gasteiger partial charge in [-0.05, 0) is 73.3 Å². The van der Waals surface area contributed by atoms with Gasteiger partial charge in [-0.3, -0.25) is 24.6 Å². The Kier molecular flexibility index (Phi) is 25.3. The van der Waals surface area contributed by atoms with Crippen LogP contribution in [-0.2, 0) is 28.1 Å². The number of nitrogens with two attached hydrogens (primary N) is 1. The molecule has 0 fully saturated rings. The molecule has 0 spiro atoms. The third-order valence-corrected chi connectivity index (χ3v) is 10.0. The summed E-state index contributed by atoms with van der Waals surface area (Å²) in [6.45, 7) is 1.42. The fourth-order valence-electron chi connectivity index (χ4n) is 5.31. The molecule has 4 N–H and O–H groups in total. The molecule has 2 atom stereocenters. The summed E-state index contributed by atoms with van der Waals surface area (Å²) in [5, 5.41) is 31.3. The number of aliphatic hydroxyl groups excluding tert-OH is 2. The average molecular weight is 859 g/mol. The van der Waals surface area contributed by atoms with Gasteiger partial charge in [-0.1, -0.05) is 88.7 Å². The monoisotopic (exact) mass is 857 g/mol. The van der Waals surface area contributed by atoms with Crippen molar-refractivity contribution in [3.05, 3.63) is 126 Å². The van der Waals surface area contributed by atoms with Gasteiger partial charge in [0, 0.05) is 46.7 Å². The Labute approximate surface area is 363 Å². The number of pyridine rings is 3. The Hall–Kier alpha value is -2.66. The molecule has 0 aliphatic rings. The third-order valence-electron chi connectivity index (χ3n) is 8.18. The van der Waals surface area contributed by atoms with Crippen LogP contribution in [0.2, 0.25) is 0 Å². The number of aliphatic hydroxyl groups is 2. The minimum absolute atomic E-state index is 0. The predicted molar refractivity (Wildman–Crippen MR) is 226 cm³/mol. The van der Waals surface area contributed by atoms with Crippen LogP contribution < -0.4 is 40.5 Å². The smallest absolute Gasteiger partial charge is 0.662 e. The first-order valence-corrected chi connectivity index (χ1v) is 21.3. The van der Waals surface area contributed by atoms with E-state index in [0.717, 1.165) is 74.1 Å². The summed E-state index contributed by atoms with van der Waals surface area (Å²) in [4.78, 5) is 27.7. The quantitative estimate of drug-likeness (QED) is 0.0455. The molecule has 0 radical (unpaired) electrons. The molecule has 3 heterocycles. The first-order chi connectivity index (χ1) is 26.4. The van der Waals surface area contributed by atoms with Gasteiger partial charge < -0.3 is 26.1 Å². The van der Waals surface area contributed by atoms with Crippen molar-refractivity contribution >= 4 is 78.6 Å². The summed E-state index contributed by atoms with van der Waals surface area (Å²) < 4.78 is 0. The summed E-state index contributed by atoms with van der Waals surface area (Å²) in [6, 6.07) is 37.1. The molecular formula is C41H49BrN5NaO5S2. The van der Waals surface area contributed by atoms with Crippen LogP contribution in [0.1, 0.15) is 29.9 Å². The van der Waals surface area contributed by atoms with Crippen molar-refractivity contribution in [1.29, 1.82) is 0 Å². The van der Waals surface area contributed by atoms with Gasteiger partial charge in [0.2, 0.25) is 0 Å². The third kappa shape index (κ3) is 17.6.